The minimum absolute atomic E-state index is 0.0217. The molecule has 176 valence electrons. The Kier molecular flexibility index (Phi) is 6.78. The number of fused-ring (bicyclic) bond motifs is 1. The topological polar surface area (TPSA) is 96.3 Å². The van der Waals surface area contributed by atoms with Crippen LogP contribution >= 0.6 is 0 Å². The number of piperazine rings is 1. The molecule has 1 aliphatic heterocycles. The van der Waals surface area contributed by atoms with Crippen molar-refractivity contribution >= 4 is 16.9 Å². The third kappa shape index (κ3) is 4.50. The molecule has 1 saturated heterocycles. The lowest BCUT2D eigenvalue weighted by Gasteiger charge is -2.34. The molecule has 1 aromatic carbocycles. The molecule has 9 heteroatoms. The number of nitrogens with zero attached hydrogens (tertiary/aromatic N) is 5. The van der Waals surface area contributed by atoms with Gasteiger partial charge in [0.2, 0.25) is 0 Å². The van der Waals surface area contributed by atoms with Crippen molar-refractivity contribution in [1.82, 2.24) is 29.5 Å². The summed E-state index contributed by atoms with van der Waals surface area (Å²) >= 11 is 0. The number of aryl methyl sites for hydroxylation is 2. The zero-order chi connectivity index (χ0) is 23.5. The van der Waals surface area contributed by atoms with Gasteiger partial charge in [-0.1, -0.05) is 20.3 Å². The standard InChI is InChI=1S/C24H32N6O3/c1-5-8-18-20-21(28(4)27-18)23(31)26-22(25-20)17-15-16(9-10-19(17)33-7-3)24(32)30-13-11-29(6-2)12-14-30/h9-10,15H,5-8,11-14H2,1-4H3,(H,25,26,31). The molecule has 0 atom stereocenters. The van der Waals surface area contributed by atoms with E-state index < -0.39 is 0 Å². The van der Waals surface area contributed by atoms with Crippen molar-refractivity contribution in [2.75, 3.05) is 39.3 Å². The first-order chi connectivity index (χ1) is 16.0. The zero-order valence-corrected chi connectivity index (χ0v) is 19.8. The molecular weight excluding hydrogens is 420 g/mol. The van der Waals surface area contributed by atoms with E-state index in [0.29, 0.717) is 53.4 Å². The minimum atomic E-state index is -0.262. The first-order valence-corrected chi connectivity index (χ1v) is 11.7. The number of amides is 1. The quantitative estimate of drug-likeness (QED) is 0.592. The maximum atomic E-state index is 13.2. The summed E-state index contributed by atoms with van der Waals surface area (Å²) in [5, 5.41) is 4.49. The van der Waals surface area contributed by atoms with Crippen molar-refractivity contribution in [1.29, 1.82) is 0 Å². The van der Waals surface area contributed by atoms with Gasteiger partial charge < -0.3 is 19.5 Å². The van der Waals surface area contributed by atoms with Crippen LogP contribution in [0.5, 0.6) is 5.75 Å². The Labute approximate surface area is 193 Å². The van der Waals surface area contributed by atoms with Crippen LogP contribution in [0.15, 0.2) is 23.0 Å². The Morgan fingerprint density at radius 1 is 1.15 bits per heavy atom. The summed E-state index contributed by atoms with van der Waals surface area (Å²) in [7, 11) is 1.75. The van der Waals surface area contributed by atoms with Gasteiger partial charge in [0.1, 0.15) is 17.1 Å². The van der Waals surface area contributed by atoms with Crippen molar-refractivity contribution in [3.63, 3.8) is 0 Å². The van der Waals surface area contributed by atoms with Crippen LogP contribution in [-0.4, -0.2) is 74.8 Å². The van der Waals surface area contributed by atoms with Crippen LogP contribution in [0.25, 0.3) is 22.4 Å². The van der Waals surface area contributed by atoms with E-state index in [0.717, 1.165) is 38.2 Å². The predicted octanol–water partition coefficient (Wildman–Crippen LogP) is 2.45. The summed E-state index contributed by atoms with van der Waals surface area (Å²) in [5.41, 5.74) is 2.72. The number of rotatable bonds is 7. The van der Waals surface area contributed by atoms with Crippen LogP contribution in [0.3, 0.4) is 0 Å². The lowest BCUT2D eigenvalue weighted by molar-refractivity contribution is 0.0643. The number of carbonyl (C=O) groups excluding carboxylic acids is 1. The maximum Gasteiger partial charge on any atom is 0.277 e. The van der Waals surface area contributed by atoms with Gasteiger partial charge in [-0.15, -0.1) is 0 Å². The van der Waals surface area contributed by atoms with Crippen molar-refractivity contribution in [3.05, 3.63) is 39.8 Å². The molecule has 0 radical (unpaired) electrons. The van der Waals surface area contributed by atoms with E-state index in [9.17, 15) is 9.59 Å². The number of carbonyl (C=O) groups is 1. The second-order valence-corrected chi connectivity index (χ2v) is 8.30. The number of likely N-dealkylation sites (N-methyl/N-ethyl adjacent to an activating group) is 1. The molecule has 4 rings (SSSR count). The molecule has 0 spiro atoms. The van der Waals surface area contributed by atoms with Gasteiger partial charge >= 0.3 is 0 Å². The SMILES string of the molecule is CCCc1nn(C)c2c(=O)[nH]c(-c3cc(C(=O)N4CCN(CC)CC4)ccc3OCC)nc12. The van der Waals surface area contributed by atoms with Crippen LogP contribution in [0.4, 0.5) is 0 Å². The number of benzene rings is 1. The number of aromatic amines is 1. The number of H-pyrrole nitrogens is 1. The fourth-order valence-electron chi connectivity index (χ4n) is 4.36. The van der Waals surface area contributed by atoms with E-state index in [2.05, 4.69) is 28.8 Å². The normalized spacial score (nSPS) is 14.7. The van der Waals surface area contributed by atoms with E-state index in [4.69, 9.17) is 9.72 Å². The van der Waals surface area contributed by atoms with Crippen molar-refractivity contribution < 1.29 is 9.53 Å². The van der Waals surface area contributed by atoms with Gasteiger partial charge in [-0.3, -0.25) is 14.3 Å². The van der Waals surface area contributed by atoms with Crippen LogP contribution in [-0.2, 0) is 13.5 Å². The highest BCUT2D eigenvalue weighted by molar-refractivity contribution is 5.96. The molecule has 1 aliphatic rings. The lowest BCUT2D eigenvalue weighted by atomic mass is 10.1. The molecule has 1 amide bonds. The first-order valence-electron chi connectivity index (χ1n) is 11.7. The summed E-state index contributed by atoms with van der Waals surface area (Å²) < 4.78 is 7.40. The van der Waals surface area contributed by atoms with Gasteiger partial charge in [0.25, 0.3) is 11.5 Å². The number of hydrogen-bond donors (Lipinski definition) is 1. The Morgan fingerprint density at radius 3 is 2.58 bits per heavy atom. The largest absolute Gasteiger partial charge is 0.493 e. The van der Waals surface area contributed by atoms with Crippen LogP contribution in [0, 0.1) is 0 Å². The molecule has 0 bridgehead atoms. The van der Waals surface area contributed by atoms with E-state index in [1.165, 1.54) is 0 Å². The predicted molar refractivity (Wildman–Crippen MR) is 128 cm³/mol. The lowest BCUT2D eigenvalue weighted by Crippen LogP contribution is -2.48. The Bertz CT molecular complexity index is 1210. The van der Waals surface area contributed by atoms with E-state index in [1.807, 2.05) is 11.8 Å². The zero-order valence-electron chi connectivity index (χ0n) is 19.8. The van der Waals surface area contributed by atoms with Crippen LogP contribution in [0.1, 0.15) is 43.2 Å². The maximum absolute atomic E-state index is 13.2. The fourth-order valence-corrected chi connectivity index (χ4v) is 4.36. The van der Waals surface area contributed by atoms with Gasteiger partial charge in [0, 0.05) is 38.8 Å². The average molecular weight is 453 g/mol. The second kappa shape index (κ2) is 9.74. The molecule has 0 aliphatic carbocycles. The fraction of sp³-hybridized carbons (Fsp3) is 0.500. The van der Waals surface area contributed by atoms with Crippen molar-refractivity contribution in [2.45, 2.75) is 33.6 Å². The number of hydrogen-bond acceptors (Lipinski definition) is 6. The van der Waals surface area contributed by atoms with Gasteiger partial charge in [0.05, 0.1) is 17.9 Å². The minimum Gasteiger partial charge on any atom is -0.493 e. The monoisotopic (exact) mass is 452 g/mol. The highest BCUT2D eigenvalue weighted by atomic mass is 16.5. The van der Waals surface area contributed by atoms with E-state index in [-0.39, 0.29) is 11.5 Å². The molecule has 2 aromatic heterocycles. The third-order valence-corrected chi connectivity index (χ3v) is 6.14. The summed E-state index contributed by atoms with van der Waals surface area (Å²) in [4.78, 5) is 38.0. The highest BCUT2D eigenvalue weighted by Gasteiger charge is 2.23. The molecule has 1 fully saturated rings. The summed E-state index contributed by atoms with van der Waals surface area (Å²) in [6, 6.07) is 5.35. The molecule has 3 aromatic rings. The van der Waals surface area contributed by atoms with E-state index in [1.54, 1.807) is 29.9 Å². The summed E-state index contributed by atoms with van der Waals surface area (Å²) in [6.07, 6.45) is 1.63. The Hall–Kier alpha value is -3.20. The van der Waals surface area contributed by atoms with Gasteiger partial charge in [-0.25, -0.2) is 4.98 Å². The molecule has 9 nitrogen and oxygen atoms in total. The molecule has 0 unspecified atom stereocenters. The smallest absolute Gasteiger partial charge is 0.277 e. The van der Waals surface area contributed by atoms with Crippen molar-refractivity contribution in [2.24, 2.45) is 7.05 Å². The highest BCUT2D eigenvalue weighted by Crippen LogP contribution is 2.30. The Balaban J connectivity index is 1.76. The molecule has 1 N–H and O–H groups in total. The average Bonchev–Trinajstić information content (AvgIpc) is 3.15. The number of aromatic nitrogens is 4. The van der Waals surface area contributed by atoms with E-state index >= 15 is 0 Å². The second-order valence-electron chi connectivity index (χ2n) is 8.30. The van der Waals surface area contributed by atoms with Crippen molar-refractivity contribution in [3.8, 4) is 17.1 Å². The third-order valence-electron chi connectivity index (χ3n) is 6.14. The number of nitrogens with one attached hydrogen (secondary N) is 1. The van der Waals surface area contributed by atoms with Crippen LogP contribution in [0.2, 0.25) is 0 Å². The van der Waals surface area contributed by atoms with Gasteiger partial charge in [-0.05, 0) is 38.1 Å². The summed E-state index contributed by atoms with van der Waals surface area (Å²) in [6.45, 7) is 10.7. The molecule has 33 heavy (non-hydrogen) atoms. The van der Waals surface area contributed by atoms with Gasteiger partial charge in [0.15, 0.2) is 5.52 Å². The molecule has 0 saturated carbocycles. The Morgan fingerprint density at radius 2 is 1.91 bits per heavy atom. The molecular formula is C24H32N6O3. The number of ether oxygens (including phenoxy) is 1. The summed E-state index contributed by atoms with van der Waals surface area (Å²) in [5.74, 6) is 0.937. The molecule has 3 heterocycles. The van der Waals surface area contributed by atoms with Crippen LogP contribution < -0.4 is 10.3 Å². The first kappa shape index (κ1) is 23.0. The van der Waals surface area contributed by atoms with Gasteiger partial charge in [-0.2, -0.15) is 5.10 Å².